The minimum absolute atomic E-state index is 3.10. The van der Waals surface area contributed by atoms with Crippen LogP contribution in [0, 0.1) is 87.3 Å². The summed E-state index contributed by atoms with van der Waals surface area (Å²) in [4.78, 5) is 0. The van der Waals surface area contributed by atoms with Crippen molar-refractivity contribution in [3.05, 3.63) is 104 Å². The molecule has 0 fully saturated rings. The van der Waals surface area contributed by atoms with E-state index in [0.717, 1.165) is 0 Å². The summed E-state index contributed by atoms with van der Waals surface area (Å²) in [7, 11) is -4.44. The van der Waals surface area contributed by atoms with Crippen LogP contribution in [-0.2, 0) is 5.31 Å². The lowest BCUT2D eigenvalue weighted by molar-refractivity contribution is 0.308. The fourth-order valence-electron chi connectivity index (χ4n) is 3.62. The maximum Gasteiger partial charge on any atom is 0.472 e. The van der Waals surface area contributed by atoms with E-state index in [9.17, 15) is 75.9 Å². The highest BCUT2D eigenvalue weighted by atomic mass is 19.2. The summed E-state index contributed by atoms with van der Waals surface area (Å²) in [6.45, 7) is 0. The zero-order valence-corrected chi connectivity index (χ0v) is 16.6. The summed E-state index contributed by atoms with van der Waals surface area (Å²) in [5.74, 6) is -48.9. The molecule has 0 aromatic heterocycles. The third-order valence-electron chi connectivity index (χ3n) is 5.20. The molecular weight excluding hydrogens is 556 g/mol. The van der Waals surface area contributed by atoms with Gasteiger partial charge >= 0.3 is 7.12 Å². The van der Waals surface area contributed by atoms with Crippen LogP contribution in [0.5, 0.6) is 0 Å². The van der Waals surface area contributed by atoms with Crippen molar-refractivity contribution in [3.63, 3.8) is 0 Å². The van der Waals surface area contributed by atoms with Crippen LogP contribution in [0.2, 0.25) is 0 Å². The molecule has 0 bridgehead atoms. The van der Waals surface area contributed by atoms with E-state index < -0.39 is 116 Å². The fraction of sp³-hybridized carbons (Fsp3) is 0.0526. The van der Waals surface area contributed by atoms with Gasteiger partial charge in [0.25, 0.3) is 0 Å². The predicted octanol–water partition coefficient (Wildman–Crippen LogP) is 5.12. The Kier molecular flexibility index (Phi) is 6.98. The molecule has 3 rings (SSSR count). The van der Waals surface area contributed by atoms with Crippen molar-refractivity contribution in [3.8, 4) is 0 Å². The predicted molar refractivity (Wildman–Crippen MR) is 88.8 cm³/mol. The van der Waals surface area contributed by atoms with Gasteiger partial charge in [0.15, 0.2) is 69.8 Å². The third-order valence-corrected chi connectivity index (χ3v) is 5.20. The number of hydrogen-bond acceptors (Lipinski definition) is 2. The van der Waals surface area contributed by atoms with Crippen LogP contribution >= 0.6 is 0 Å². The van der Waals surface area contributed by atoms with Crippen molar-refractivity contribution in [2.45, 2.75) is 5.31 Å². The zero-order chi connectivity index (χ0) is 28.5. The lowest BCUT2D eigenvalue weighted by atomic mass is 9.47. The van der Waals surface area contributed by atoms with Crippen LogP contribution in [-0.4, -0.2) is 17.2 Å². The Bertz CT molecular complexity index is 1220. The smallest absolute Gasteiger partial charge is 0.426 e. The van der Waals surface area contributed by atoms with Crippen molar-refractivity contribution in [2.24, 2.45) is 0 Å². The first-order valence-electron chi connectivity index (χ1n) is 8.89. The summed E-state index contributed by atoms with van der Waals surface area (Å²) in [5.41, 5.74) is -9.49. The molecule has 0 aliphatic heterocycles. The molecule has 18 heteroatoms. The van der Waals surface area contributed by atoms with Gasteiger partial charge in [-0.1, -0.05) is 0 Å². The largest absolute Gasteiger partial charge is 0.472 e. The SMILES string of the molecule is OB(O)C(c1c(F)c(F)c(F)c(F)c1F)(c1c(F)c(F)c(F)c(F)c1F)c1c(F)c(F)c(F)c(F)c1F. The molecule has 3 aromatic rings. The highest BCUT2D eigenvalue weighted by Gasteiger charge is 2.60. The number of halogens is 15. The summed E-state index contributed by atoms with van der Waals surface area (Å²) < 4.78 is 213. The second-order valence-electron chi connectivity index (χ2n) is 7.02. The monoisotopic (exact) mass is 558 g/mol. The normalized spacial score (nSPS) is 11.9. The van der Waals surface area contributed by atoms with Crippen molar-refractivity contribution < 1.29 is 75.9 Å². The Morgan fingerprint density at radius 3 is 0.568 bits per heavy atom. The molecule has 0 aliphatic carbocycles. The number of hydrogen-bond donors (Lipinski definition) is 2. The lowest BCUT2D eigenvalue weighted by Crippen LogP contribution is -2.51. The molecule has 0 unspecified atom stereocenters. The molecule has 0 atom stereocenters. The summed E-state index contributed by atoms with van der Waals surface area (Å²) in [5, 5.41) is 14.4. The van der Waals surface area contributed by atoms with Crippen LogP contribution in [0.1, 0.15) is 16.7 Å². The molecule has 37 heavy (non-hydrogen) atoms. The second-order valence-corrected chi connectivity index (χ2v) is 7.02. The minimum atomic E-state index is -5.34. The summed E-state index contributed by atoms with van der Waals surface area (Å²) >= 11 is 0. The minimum Gasteiger partial charge on any atom is -0.426 e. The zero-order valence-electron chi connectivity index (χ0n) is 16.6. The average Bonchev–Trinajstić information content (AvgIpc) is 2.85. The lowest BCUT2D eigenvalue weighted by Gasteiger charge is -2.36. The number of benzene rings is 3. The van der Waals surface area contributed by atoms with Crippen molar-refractivity contribution in [2.75, 3.05) is 0 Å². The van der Waals surface area contributed by atoms with Gasteiger partial charge in [0.2, 0.25) is 17.5 Å². The molecular formula is C19H2BF15O2. The highest BCUT2D eigenvalue weighted by Crippen LogP contribution is 2.49. The molecule has 3 aromatic carbocycles. The van der Waals surface area contributed by atoms with Crippen LogP contribution in [0.4, 0.5) is 65.9 Å². The maximum absolute atomic E-state index is 14.8. The van der Waals surface area contributed by atoms with Crippen LogP contribution in [0.25, 0.3) is 0 Å². The van der Waals surface area contributed by atoms with Crippen LogP contribution in [0.3, 0.4) is 0 Å². The average molecular weight is 558 g/mol. The van der Waals surface area contributed by atoms with Crippen LogP contribution < -0.4 is 0 Å². The van der Waals surface area contributed by atoms with E-state index in [0.29, 0.717) is 0 Å². The topological polar surface area (TPSA) is 40.5 Å². The molecule has 0 amide bonds. The summed E-state index contributed by atoms with van der Waals surface area (Å²) in [6, 6.07) is 0. The second kappa shape index (κ2) is 9.16. The molecule has 0 radical (unpaired) electrons. The van der Waals surface area contributed by atoms with E-state index in [4.69, 9.17) is 0 Å². The van der Waals surface area contributed by atoms with Gasteiger partial charge in [-0.3, -0.25) is 0 Å². The van der Waals surface area contributed by atoms with Gasteiger partial charge in [-0.15, -0.1) is 0 Å². The Labute approximate surface area is 193 Å². The van der Waals surface area contributed by atoms with E-state index >= 15 is 0 Å². The van der Waals surface area contributed by atoms with Gasteiger partial charge in [-0.2, -0.15) is 0 Å². The van der Waals surface area contributed by atoms with Gasteiger partial charge in [0.05, 0.1) is 5.31 Å². The van der Waals surface area contributed by atoms with Crippen LogP contribution in [0.15, 0.2) is 0 Å². The first-order chi connectivity index (χ1) is 17.0. The summed E-state index contributed by atoms with van der Waals surface area (Å²) in [6.07, 6.45) is 0. The Hall–Kier alpha value is -3.41. The molecule has 0 aliphatic rings. The molecule has 198 valence electrons. The quantitative estimate of drug-likeness (QED) is 0.154. The van der Waals surface area contributed by atoms with E-state index in [2.05, 4.69) is 0 Å². The molecule has 0 saturated heterocycles. The van der Waals surface area contributed by atoms with Crippen molar-refractivity contribution in [1.29, 1.82) is 0 Å². The van der Waals surface area contributed by atoms with Gasteiger partial charge in [-0.05, 0) is 0 Å². The number of rotatable bonds is 4. The van der Waals surface area contributed by atoms with E-state index in [1.807, 2.05) is 0 Å². The highest BCUT2D eigenvalue weighted by molar-refractivity contribution is 6.48. The van der Waals surface area contributed by atoms with E-state index in [1.54, 1.807) is 0 Å². The van der Waals surface area contributed by atoms with Crippen molar-refractivity contribution >= 4 is 7.12 Å². The molecule has 2 nitrogen and oxygen atoms in total. The molecule has 2 N–H and O–H groups in total. The maximum atomic E-state index is 14.8. The molecule has 0 heterocycles. The Balaban J connectivity index is 2.90. The van der Waals surface area contributed by atoms with E-state index in [-0.39, 0.29) is 0 Å². The standard InChI is InChI=1S/C19H2BF15O2/c21-4-1(5(22)11(28)16(33)10(4)27)19(20(36)37,2-6(23)12(29)17(34)13(30)7(2)24)3-8(25)14(31)18(35)15(32)9(3)26/h36-37H. The molecule has 0 spiro atoms. The van der Waals surface area contributed by atoms with Crippen molar-refractivity contribution in [1.82, 2.24) is 0 Å². The van der Waals surface area contributed by atoms with Gasteiger partial charge in [0, 0.05) is 16.7 Å². The van der Waals surface area contributed by atoms with E-state index in [1.165, 1.54) is 0 Å². The first-order valence-corrected chi connectivity index (χ1v) is 8.89. The Morgan fingerprint density at radius 1 is 0.297 bits per heavy atom. The van der Waals surface area contributed by atoms with Gasteiger partial charge in [0.1, 0.15) is 0 Å². The fourth-order valence-corrected chi connectivity index (χ4v) is 3.62. The Morgan fingerprint density at radius 2 is 0.432 bits per heavy atom. The van der Waals surface area contributed by atoms with Gasteiger partial charge in [-0.25, -0.2) is 65.9 Å². The molecule has 0 saturated carbocycles. The third kappa shape index (κ3) is 3.56. The van der Waals surface area contributed by atoms with Gasteiger partial charge < -0.3 is 10.0 Å². The first kappa shape index (κ1) is 28.2.